The summed E-state index contributed by atoms with van der Waals surface area (Å²) in [5.74, 6) is -0.140. The quantitative estimate of drug-likeness (QED) is 0.633. The summed E-state index contributed by atoms with van der Waals surface area (Å²) in [6, 6.07) is 1.71. The highest BCUT2D eigenvalue weighted by molar-refractivity contribution is 7.98. The molecule has 1 aromatic rings. The van der Waals surface area contributed by atoms with Crippen LogP contribution in [0.25, 0.3) is 0 Å². The van der Waals surface area contributed by atoms with Crippen molar-refractivity contribution in [1.29, 1.82) is 0 Å². The van der Waals surface area contributed by atoms with Crippen LogP contribution in [0.15, 0.2) is 11.2 Å². The Morgan fingerprint density at radius 2 is 2.20 bits per heavy atom. The van der Waals surface area contributed by atoms with Crippen LogP contribution in [0, 0.1) is 6.92 Å². The number of hydrogen-bond donors (Lipinski definition) is 1. The molecular formula is C13H20N4O2S. The van der Waals surface area contributed by atoms with Gasteiger partial charge in [0.25, 0.3) is 5.91 Å². The van der Waals surface area contributed by atoms with E-state index in [1.807, 2.05) is 13.2 Å². The van der Waals surface area contributed by atoms with Gasteiger partial charge in [0.05, 0.1) is 13.2 Å². The second-order valence-corrected chi connectivity index (χ2v) is 5.36. The molecule has 20 heavy (non-hydrogen) atoms. The summed E-state index contributed by atoms with van der Waals surface area (Å²) >= 11 is 1.44. The minimum absolute atomic E-state index is 0.140. The normalized spacial score (nSPS) is 16.1. The van der Waals surface area contributed by atoms with Crippen LogP contribution in [0.5, 0.6) is 0 Å². The molecule has 1 fully saturated rings. The predicted molar refractivity (Wildman–Crippen MR) is 78.1 cm³/mol. The summed E-state index contributed by atoms with van der Waals surface area (Å²) < 4.78 is 5.29. The lowest BCUT2D eigenvalue weighted by Crippen LogP contribution is -2.41. The zero-order valence-corrected chi connectivity index (χ0v) is 12.7. The van der Waals surface area contributed by atoms with Crippen molar-refractivity contribution in [1.82, 2.24) is 20.2 Å². The van der Waals surface area contributed by atoms with Crippen molar-refractivity contribution in [3.05, 3.63) is 17.5 Å². The van der Waals surface area contributed by atoms with Crippen LogP contribution < -0.4 is 5.32 Å². The molecule has 1 aliphatic heterocycles. The van der Waals surface area contributed by atoms with Crippen LogP contribution in [-0.4, -0.2) is 66.4 Å². The number of thioether (sulfide) groups is 1. The first-order chi connectivity index (χ1) is 9.69. The third-order valence-corrected chi connectivity index (χ3v) is 3.61. The van der Waals surface area contributed by atoms with Gasteiger partial charge in [-0.05, 0) is 19.2 Å². The third-order valence-electron chi connectivity index (χ3n) is 3.07. The molecule has 1 aliphatic rings. The van der Waals surface area contributed by atoms with E-state index >= 15 is 0 Å². The van der Waals surface area contributed by atoms with E-state index in [9.17, 15) is 4.79 Å². The van der Waals surface area contributed by atoms with Gasteiger partial charge >= 0.3 is 0 Å². The van der Waals surface area contributed by atoms with Crippen LogP contribution in [0.4, 0.5) is 0 Å². The number of aryl methyl sites for hydroxylation is 1. The van der Waals surface area contributed by atoms with Gasteiger partial charge in [-0.1, -0.05) is 11.8 Å². The summed E-state index contributed by atoms with van der Waals surface area (Å²) in [4.78, 5) is 22.8. The Morgan fingerprint density at radius 1 is 1.45 bits per heavy atom. The number of hydrogen-bond acceptors (Lipinski definition) is 6. The lowest BCUT2D eigenvalue weighted by molar-refractivity contribution is 0.0383. The minimum atomic E-state index is -0.140. The van der Waals surface area contributed by atoms with Crippen molar-refractivity contribution in [2.24, 2.45) is 0 Å². The SMILES string of the molecule is CSc1nc(C)cc(C(=O)NCCN2CCOCC2)n1. The Hall–Kier alpha value is -1.18. The van der Waals surface area contributed by atoms with Gasteiger partial charge in [-0.2, -0.15) is 0 Å². The van der Waals surface area contributed by atoms with Gasteiger partial charge in [0.2, 0.25) is 0 Å². The lowest BCUT2D eigenvalue weighted by atomic mass is 10.3. The minimum Gasteiger partial charge on any atom is -0.379 e. The first kappa shape index (κ1) is 15.2. The number of morpholine rings is 1. The van der Waals surface area contributed by atoms with Crippen LogP contribution in [0.2, 0.25) is 0 Å². The molecule has 1 amide bonds. The smallest absolute Gasteiger partial charge is 0.270 e. The highest BCUT2D eigenvalue weighted by atomic mass is 32.2. The van der Waals surface area contributed by atoms with Gasteiger partial charge in [0, 0.05) is 31.9 Å². The fourth-order valence-electron chi connectivity index (χ4n) is 1.99. The number of rotatable bonds is 5. The number of nitrogens with one attached hydrogen (secondary N) is 1. The number of ether oxygens (including phenoxy) is 1. The van der Waals surface area contributed by atoms with Gasteiger partial charge in [-0.3, -0.25) is 9.69 Å². The molecule has 0 aliphatic carbocycles. The van der Waals surface area contributed by atoms with E-state index in [2.05, 4.69) is 20.2 Å². The van der Waals surface area contributed by atoms with Crippen molar-refractivity contribution in [2.45, 2.75) is 12.1 Å². The molecule has 0 spiro atoms. The molecule has 0 unspecified atom stereocenters. The van der Waals surface area contributed by atoms with Gasteiger partial charge in [0.1, 0.15) is 5.69 Å². The molecule has 0 atom stereocenters. The molecular weight excluding hydrogens is 276 g/mol. The highest BCUT2D eigenvalue weighted by Gasteiger charge is 2.12. The second kappa shape index (κ2) is 7.56. The standard InChI is InChI=1S/C13H20N4O2S/c1-10-9-11(16-13(15-10)20-2)12(18)14-3-4-17-5-7-19-8-6-17/h9H,3-8H2,1-2H3,(H,14,18). The molecule has 0 aromatic carbocycles. The fourth-order valence-corrected chi connectivity index (χ4v) is 2.42. The van der Waals surface area contributed by atoms with E-state index in [0.29, 0.717) is 17.4 Å². The third kappa shape index (κ3) is 4.43. The maximum Gasteiger partial charge on any atom is 0.270 e. The van der Waals surface area contributed by atoms with Crippen molar-refractivity contribution < 1.29 is 9.53 Å². The Balaban J connectivity index is 1.83. The summed E-state index contributed by atoms with van der Waals surface area (Å²) in [6.07, 6.45) is 1.90. The van der Waals surface area contributed by atoms with E-state index < -0.39 is 0 Å². The largest absolute Gasteiger partial charge is 0.379 e. The molecule has 2 heterocycles. The molecule has 1 N–H and O–H groups in total. The molecule has 0 bridgehead atoms. The Morgan fingerprint density at radius 3 is 2.90 bits per heavy atom. The van der Waals surface area contributed by atoms with Crippen LogP contribution >= 0.6 is 11.8 Å². The first-order valence-corrected chi connectivity index (χ1v) is 7.89. The summed E-state index contributed by atoms with van der Waals surface area (Å²) in [7, 11) is 0. The lowest BCUT2D eigenvalue weighted by Gasteiger charge is -2.26. The number of amides is 1. The molecule has 1 aromatic heterocycles. The number of nitrogens with zero attached hydrogens (tertiary/aromatic N) is 3. The van der Waals surface area contributed by atoms with Crippen molar-refractivity contribution in [2.75, 3.05) is 45.6 Å². The van der Waals surface area contributed by atoms with Crippen LogP contribution in [-0.2, 0) is 4.74 Å². The van der Waals surface area contributed by atoms with Gasteiger partial charge < -0.3 is 10.1 Å². The molecule has 2 rings (SSSR count). The molecule has 7 heteroatoms. The van der Waals surface area contributed by atoms with E-state index in [-0.39, 0.29) is 5.91 Å². The number of carbonyl (C=O) groups is 1. The first-order valence-electron chi connectivity index (χ1n) is 6.67. The van der Waals surface area contributed by atoms with Crippen molar-refractivity contribution >= 4 is 17.7 Å². The maximum atomic E-state index is 12.1. The van der Waals surface area contributed by atoms with Crippen molar-refractivity contribution in [3.8, 4) is 0 Å². The Labute approximate surface area is 123 Å². The van der Waals surface area contributed by atoms with Crippen LogP contribution in [0.3, 0.4) is 0 Å². The van der Waals surface area contributed by atoms with E-state index in [4.69, 9.17) is 4.74 Å². The topological polar surface area (TPSA) is 67.4 Å². The van der Waals surface area contributed by atoms with E-state index in [1.165, 1.54) is 11.8 Å². The molecule has 110 valence electrons. The summed E-state index contributed by atoms with van der Waals surface area (Å²) in [5, 5.41) is 3.53. The molecule has 1 saturated heterocycles. The number of carbonyl (C=O) groups excluding carboxylic acids is 1. The molecule has 0 radical (unpaired) electrons. The zero-order valence-electron chi connectivity index (χ0n) is 11.9. The number of aromatic nitrogens is 2. The Bertz CT molecular complexity index is 464. The molecule has 6 nitrogen and oxygen atoms in total. The summed E-state index contributed by atoms with van der Waals surface area (Å²) in [5.41, 5.74) is 1.24. The Kier molecular flexibility index (Phi) is 5.75. The van der Waals surface area contributed by atoms with Crippen molar-refractivity contribution in [3.63, 3.8) is 0 Å². The maximum absolute atomic E-state index is 12.1. The average Bonchev–Trinajstić information content (AvgIpc) is 2.47. The molecule has 0 saturated carbocycles. The monoisotopic (exact) mass is 296 g/mol. The van der Waals surface area contributed by atoms with E-state index in [0.717, 1.165) is 38.5 Å². The van der Waals surface area contributed by atoms with E-state index in [1.54, 1.807) is 6.07 Å². The highest BCUT2D eigenvalue weighted by Crippen LogP contribution is 2.10. The van der Waals surface area contributed by atoms with Gasteiger partial charge in [-0.15, -0.1) is 0 Å². The predicted octanol–water partition coefficient (Wildman–Crippen LogP) is 0.569. The average molecular weight is 296 g/mol. The van der Waals surface area contributed by atoms with Gasteiger partial charge in [-0.25, -0.2) is 9.97 Å². The van der Waals surface area contributed by atoms with Crippen LogP contribution in [0.1, 0.15) is 16.2 Å². The summed E-state index contributed by atoms with van der Waals surface area (Å²) in [6.45, 7) is 6.74. The van der Waals surface area contributed by atoms with Gasteiger partial charge in [0.15, 0.2) is 5.16 Å². The second-order valence-electron chi connectivity index (χ2n) is 4.59. The zero-order chi connectivity index (χ0) is 14.4. The fraction of sp³-hybridized carbons (Fsp3) is 0.615.